The standard InChI is InChI=1S/C12H18BrNO2/c1-9(14-7-2-8-15)12(16)10-3-5-11(13)6-4-10/h3-6,9,12,14-16H,2,7-8H2,1H3. The van der Waals surface area contributed by atoms with Gasteiger partial charge in [0.2, 0.25) is 0 Å². The molecule has 3 N–H and O–H groups in total. The molecule has 0 saturated heterocycles. The molecule has 0 saturated carbocycles. The van der Waals surface area contributed by atoms with Gasteiger partial charge in [0, 0.05) is 17.1 Å². The molecular weight excluding hydrogens is 270 g/mol. The normalized spacial score (nSPS) is 14.8. The van der Waals surface area contributed by atoms with E-state index in [-0.39, 0.29) is 12.6 Å². The van der Waals surface area contributed by atoms with Gasteiger partial charge in [0.15, 0.2) is 0 Å². The molecule has 2 atom stereocenters. The Bertz CT molecular complexity index is 302. The Labute approximate surface area is 105 Å². The number of hydrogen-bond donors (Lipinski definition) is 3. The van der Waals surface area contributed by atoms with Crippen LogP contribution in [0.3, 0.4) is 0 Å². The molecule has 1 aromatic carbocycles. The maximum Gasteiger partial charge on any atom is 0.0940 e. The maximum absolute atomic E-state index is 10.0. The van der Waals surface area contributed by atoms with Crippen LogP contribution in [0.5, 0.6) is 0 Å². The van der Waals surface area contributed by atoms with Gasteiger partial charge in [0.05, 0.1) is 6.10 Å². The summed E-state index contributed by atoms with van der Waals surface area (Å²) in [4.78, 5) is 0. The molecule has 0 aromatic heterocycles. The summed E-state index contributed by atoms with van der Waals surface area (Å²) in [6, 6.07) is 7.61. The van der Waals surface area contributed by atoms with Gasteiger partial charge in [-0.05, 0) is 37.6 Å². The van der Waals surface area contributed by atoms with Gasteiger partial charge in [-0.3, -0.25) is 0 Å². The van der Waals surface area contributed by atoms with Crippen molar-refractivity contribution in [3.63, 3.8) is 0 Å². The first kappa shape index (κ1) is 13.6. The van der Waals surface area contributed by atoms with E-state index in [1.807, 2.05) is 31.2 Å². The van der Waals surface area contributed by atoms with E-state index in [0.29, 0.717) is 13.0 Å². The third-order valence-corrected chi connectivity index (χ3v) is 3.02. The average molecular weight is 288 g/mol. The zero-order chi connectivity index (χ0) is 12.0. The molecular formula is C12H18BrNO2. The molecule has 0 aliphatic carbocycles. The van der Waals surface area contributed by atoms with E-state index in [0.717, 1.165) is 10.0 Å². The van der Waals surface area contributed by atoms with Gasteiger partial charge in [-0.2, -0.15) is 0 Å². The first-order valence-electron chi connectivity index (χ1n) is 5.43. The zero-order valence-electron chi connectivity index (χ0n) is 9.36. The predicted octanol–water partition coefficient (Wildman–Crippen LogP) is 1.84. The summed E-state index contributed by atoms with van der Waals surface area (Å²) in [5.74, 6) is 0. The quantitative estimate of drug-likeness (QED) is 0.700. The lowest BCUT2D eigenvalue weighted by atomic mass is 10.0. The van der Waals surface area contributed by atoms with Gasteiger partial charge in [-0.25, -0.2) is 0 Å². The van der Waals surface area contributed by atoms with E-state index in [1.165, 1.54) is 0 Å². The first-order chi connectivity index (χ1) is 7.65. The number of nitrogens with one attached hydrogen (secondary N) is 1. The molecule has 0 spiro atoms. The molecule has 0 aliphatic rings. The second kappa shape index (κ2) is 7.01. The Morgan fingerprint density at radius 2 is 1.94 bits per heavy atom. The largest absolute Gasteiger partial charge is 0.396 e. The fourth-order valence-electron chi connectivity index (χ4n) is 1.47. The highest BCUT2D eigenvalue weighted by atomic mass is 79.9. The lowest BCUT2D eigenvalue weighted by Crippen LogP contribution is -2.33. The summed E-state index contributed by atoms with van der Waals surface area (Å²) in [6.07, 6.45) is 0.184. The van der Waals surface area contributed by atoms with E-state index in [9.17, 15) is 5.11 Å². The second-order valence-corrected chi connectivity index (χ2v) is 4.73. The minimum Gasteiger partial charge on any atom is -0.396 e. The number of benzene rings is 1. The van der Waals surface area contributed by atoms with Crippen molar-refractivity contribution in [3.05, 3.63) is 34.3 Å². The number of halogens is 1. The van der Waals surface area contributed by atoms with Crippen molar-refractivity contribution in [2.45, 2.75) is 25.5 Å². The third-order valence-electron chi connectivity index (χ3n) is 2.49. The average Bonchev–Trinajstić information content (AvgIpc) is 2.29. The number of rotatable bonds is 6. The van der Waals surface area contributed by atoms with Crippen LogP contribution in [0.4, 0.5) is 0 Å². The smallest absolute Gasteiger partial charge is 0.0940 e. The van der Waals surface area contributed by atoms with E-state index in [2.05, 4.69) is 21.2 Å². The minimum atomic E-state index is -0.521. The minimum absolute atomic E-state index is 0.0206. The van der Waals surface area contributed by atoms with E-state index in [4.69, 9.17) is 5.11 Å². The molecule has 0 fully saturated rings. The van der Waals surface area contributed by atoms with Crippen LogP contribution < -0.4 is 5.32 Å². The van der Waals surface area contributed by atoms with Crippen LogP contribution in [0.15, 0.2) is 28.7 Å². The van der Waals surface area contributed by atoms with Crippen molar-refractivity contribution < 1.29 is 10.2 Å². The highest BCUT2D eigenvalue weighted by molar-refractivity contribution is 9.10. The molecule has 0 heterocycles. The van der Waals surface area contributed by atoms with Gasteiger partial charge >= 0.3 is 0 Å². The summed E-state index contributed by atoms with van der Waals surface area (Å²) in [7, 11) is 0. The number of aliphatic hydroxyl groups excluding tert-OH is 2. The second-order valence-electron chi connectivity index (χ2n) is 3.82. The molecule has 1 rings (SSSR count). The van der Waals surface area contributed by atoms with Crippen LogP contribution in [0.25, 0.3) is 0 Å². The Kier molecular flexibility index (Phi) is 5.98. The summed E-state index contributed by atoms with van der Waals surface area (Å²) in [6.45, 7) is 2.82. The topological polar surface area (TPSA) is 52.5 Å². The Hall–Kier alpha value is -0.420. The van der Waals surface area contributed by atoms with Crippen LogP contribution in [-0.4, -0.2) is 29.4 Å². The van der Waals surface area contributed by atoms with Crippen molar-refractivity contribution >= 4 is 15.9 Å². The highest BCUT2D eigenvalue weighted by Gasteiger charge is 2.15. The van der Waals surface area contributed by atoms with E-state index < -0.39 is 6.10 Å². The van der Waals surface area contributed by atoms with Gasteiger partial charge in [0.1, 0.15) is 0 Å². The fourth-order valence-corrected chi connectivity index (χ4v) is 1.73. The first-order valence-corrected chi connectivity index (χ1v) is 6.22. The summed E-state index contributed by atoms with van der Waals surface area (Å²) in [5.41, 5.74) is 0.896. The predicted molar refractivity (Wildman–Crippen MR) is 68.3 cm³/mol. The Morgan fingerprint density at radius 3 is 2.50 bits per heavy atom. The van der Waals surface area contributed by atoms with Crippen LogP contribution >= 0.6 is 15.9 Å². The van der Waals surface area contributed by atoms with Gasteiger partial charge in [0.25, 0.3) is 0 Å². The van der Waals surface area contributed by atoms with Crippen molar-refractivity contribution in [1.29, 1.82) is 0 Å². The summed E-state index contributed by atoms with van der Waals surface area (Å²) >= 11 is 3.36. The molecule has 4 heteroatoms. The number of hydrogen-bond acceptors (Lipinski definition) is 3. The van der Waals surface area contributed by atoms with Crippen molar-refractivity contribution in [2.75, 3.05) is 13.2 Å². The third kappa shape index (κ3) is 4.22. The molecule has 90 valence electrons. The van der Waals surface area contributed by atoms with Crippen LogP contribution in [0, 0.1) is 0 Å². The molecule has 2 unspecified atom stereocenters. The molecule has 0 radical (unpaired) electrons. The molecule has 0 bridgehead atoms. The van der Waals surface area contributed by atoms with E-state index in [1.54, 1.807) is 0 Å². The summed E-state index contributed by atoms with van der Waals surface area (Å²) < 4.78 is 1.00. The lowest BCUT2D eigenvalue weighted by Gasteiger charge is -2.20. The Balaban J connectivity index is 2.49. The lowest BCUT2D eigenvalue weighted by molar-refractivity contribution is 0.134. The highest BCUT2D eigenvalue weighted by Crippen LogP contribution is 2.19. The molecule has 0 aliphatic heterocycles. The summed E-state index contributed by atoms with van der Waals surface area (Å²) in [5, 5.41) is 21.9. The zero-order valence-corrected chi connectivity index (χ0v) is 10.9. The van der Waals surface area contributed by atoms with Crippen molar-refractivity contribution in [3.8, 4) is 0 Å². The molecule has 1 aromatic rings. The molecule has 3 nitrogen and oxygen atoms in total. The maximum atomic E-state index is 10.0. The van der Waals surface area contributed by atoms with Crippen molar-refractivity contribution in [1.82, 2.24) is 5.32 Å². The van der Waals surface area contributed by atoms with Crippen LogP contribution in [0.2, 0.25) is 0 Å². The van der Waals surface area contributed by atoms with Crippen LogP contribution in [0.1, 0.15) is 25.0 Å². The van der Waals surface area contributed by atoms with Gasteiger partial charge in [-0.15, -0.1) is 0 Å². The Morgan fingerprint density at radius 1 is 1.31 bits per heavy atom. The molecule has 16 heavy (non-hydrogen) atoms. The molecule has 0 amide bonds. The SMILES string of the molecule is CC(NCCCO)C(O)c1ccc(Br)cc1. The van der Waals surface area contributed by atoms with Gasteiger partial charge in [-0.1, -0.05) is 28.1 Å². The van der Waals surface area contributed by atoms with Crippen molar-refractivity contribution in [2.24, 2.45) is 0 Å². The fraction of sp³-hybridized carbons (Fsp3) is 0.500. The number of aliphatic hydroxyl groups is 2. The monoisotopic (exact) mass is 287 g/mol. The van der Waals surface area contributed by atoms with Crippen LogP contribution in [-0.2, 0) is 0 Å². The van der Waals surface area contributed by atoms with E-state index >= 15 is 0 Å². The van der Waals surface area contributed by atoms with Gasteiger partial charge < -0.3 is 15.5 Å².